The minimum absolute atomic E-state index is 0.0234. The standard InChI is InChI=1S/C20H30ClN3O4S/c1-2-29(26,27)24-13-11-23(12-14-24)10-9-22-19(25)20(7-15-28-16-8-20)17-3-5-18(21)6-4-17/h3-6H,2,7-16H2,1H3,(H,22,25). The van der Waals surface area contributed by atoms with Gasteiger partial charge in [0.15, 0.2) is 0 Å². The zero-order valence-electron chi connectivity index (χ0n) is 16.9. The van der Waals surface area contributed by atoms with Gasteiger partial charge in [0.2, 0.25) is 15.9 Å². The maximum absolute atomic E-state index is 13.2. The molecule has 0 saturated carbocycles. The van der Waals surface area contributed by atoms with Crippen LogP contribution in [0.25, 0.3) is 0 Å². The van der Waals surface area contributed by atoms with Crippen LogP contribution in [0.5, 0.6) is 0 Å². The largest absolute Gasteiger partial charge is 0.381 e. The van der Waals surface area contributed by atoms with Crippen LogP contribution in [-0.2, 0) is 25.0 Å². The Labute approximate surface area is 178 Å². The fraction of sp³-hybridized carbons (Fsp3) is 0.650. The molecule has 0 aliphatic carbocycles. The number of carbonyl (C=O) groups excluding carboxylic acids is 1. The van der Waals surface area contributed by atoms with E-state index in [0.717, 1.165) is 5.56 Å². The van der Waals surface area contributed by atoms with Crippen LogP contribution in [0.2, 0.25) is 5.02 Å². The van der Waals surface area contributed by atoms with E-state index in [1.165, 1.54) is 0 Å². The third kappa shape index (κ3) is 5.30. The summed E-state index contributed by atoms with van der Waals surface area (Å²) in [6, 6.07) is 7.51. The molecule has 1 amide bonds. The Morgan fingerprint density at radius 1 is 1.14 bits per heavy atom. The van der Waals surface area contributed by atoms with Crippen LogP contribution in [-0.4, -0.2) is 81.8 Å². The molecule has 162 valence electrons. The predicted molar refractivity (Wildman–Crippen MR) is 114 cm³/mol. The number of ether oxygens (including phenoxy) is 1. The summed E-state index contributed by atoms with van der Waals surface area (Å²) in [5, 5.41) is 3.76. The quantitative estimate of drug-likeness (QED) is 0.690. The number of hydrogen-bond donors (Lipinski definition) is 1. The Balaban J connectivity index is 1.54. The van der Waals surface area contributed by atoms with Gasteiger partial charge in [-0.2, -0.15) is 4.31 Å². The van der Waals surface area contributed by atoms with E-state index in [4.69, 9.17) is 16.3 Å². The summed E-state index contributed by atoms with van der Waals surface area (Å²) in [6.45, 7) is 6.43. The van der Waals surface area contributed by atoms with Crippen molar-refractivity contribution in [3.05, 3.63) is 34.9 Å². The van der Waals surface area contributed by atoms with Gasteiger partial charge in [0, 0.05) is 57.5 Å². The van der Waals surface area contributed by atoms with Crippen molar-refractivity contribution in [3.8, 4) is 0 Å². The molecule has 0 spiro atoms. The average Bonchev–Trinajstić information content (AvgIpc) is 2.75. The van der Waals surface area contributed by atoms with Gasteiger partial charge in [-0.15, -0.1) is 0 Å². The molecule has 2 fully saturated rings. The number of amides is 1. The molecule has 29 heavy (non-hydrogen) atoms. The zero-order chi connectivity index (χ0) is 20.9. The number of nitrogens with one attached hydrogen (secondary N) is 1. The molecule has 9 heteroatoms. The highest BCUT2D eigenvalue weighted by molar-refractivity contribution is 7.89. The summed E-state index contributed by atoms with van der Waals surface area (Å²) in [4.78, 5) is 15.4. The molecule has 2 aliphatic rings. The molecule has 1 aromatic rings. The summed E-state index contributed by atoms with van der Waals surface area (Å²) >= 11 is 6.02. The summed E-state index contributed by atoms with van der Waals surface area (Å²) < 4.78 is 31.0. The van der Waals surface area contributed by atoms with Crippen molar-refractivity contribution >= 4 is 27.5 Å². The Bertz CT molecular complexity index is 786. The van der Waals surface area contributed by atoms with E-state index in [1.807, 2.05) is 24.3 Å². The molecule has 2 aliphatic heterocycles. The molecular weight excluding hydrogens is 414 g/mol. The highest BCUT2D eigenvalue weighted by Gasteiger charge is 2.41. The first-order valence-electron chi connectivity index (χ1n) is 10.2. The van der Waals surface area contributed by atoms with Gasteiger partial charge in [0.05, 0.1) is 11.2 Å². The maximum Gasteiger partial charge on any atom is 0.230 e. The van der Waals surface area contributed by atoms with Gasteiger partial charge in [0.25, 0.3) is 0 Å². The third-order valence-electron chi connectivity index (χ3n) is 5.98. The van der Waals surface area contributed by atoms with Crippen molar-refractivity contribution in [2.24, 2.45) is 0 Å². The Kier molecular flexibility index (Phi) is 7.56. The Hall–Kier alpha value is -1.19. The number of sulfonamides is 1. The van der Waals surface area contributed by atoms with Crippen LogP contribution in [0.1, 0.15) is 25.3 Å². The van der Waals surface area contributed by atoms with E-state index in [9.17, 15) is 13.2 Å². The molecule has 0 radical (unpaired) electrons. The minimum Gasteiger partial charge on any atom is -0.381 e. The number of benzene rings is 1. The number of piperazine rings is 1. The molecule has 2 saturated heterocycles. The van der Waals surface area contributed by atoms with E-state index >= 15 is 0 Å². The molecule has 2 heterocycles. The molecule has 0 bridgehead atoms. The molecule has 0 atom stereocenters. The summed E-state index contributed by atoms with van der Waals surface area (Å²) in [5.74, 6) is 0.162. The van der Waals surface area contributed by atoms with Crippen LogP contribution < -0.4 is 5.32 Å². The molecular formula is C20H30ClN3O4S. The number of carbonyl (C=O) groups is 1. The van der Waals surface area contributed by atoms with Crippen LogP contribution in [0.3, 0.4) is 0 Å². The van der Waals surface area contributed by atoms with Gasteiger partial charge >= 0.3 is 0 Å². The minimum atomic E-state index is -3.12. The number of nitrogens with zero attached hydrogens (tertiary/aromatic N) is 2. The van der Waals surface area contributed by atoms with Crippen LogP contribution in [0, 0.1) is 0 Å². The Morgan fingerprint density at radius 2 is 1.76 bits per heavy atom. The second kappa shape index (κ2) is 9.75. The predicted octanol–water partition coefficient (Wildman–Crippen LogP) is 1.47. The van der Waals surface area contributed by atoms with Crippen LogP contribution in [0.15, 0.2) is 24.3 Å². The van der Waals surface area contributed by atoms with Crippen molar-refractivity contribution < 1.29 is 17.9 Å². The van der Waals surface area contributed by atoms with Crippen molar-refractivity contribution in [1.82, 2.24) is 14.5 Å². The van der Waals surface area contributed by atoms with Gasteiger partial charge in [-0.05, 0) is 37.5 Å². The lowest BCUT2D eigenvalue weighted by Gasteiger charge is -2.37. The molecule has 1 aromatic carbocycles. The van der Waals surface area contributed by atoms with E-state index in [2.05, 4.69) is 10.2 Å². The van der Waals surface area contributed by atoms with Gasteiger partial charge in [-0.3, -0.25) is 9.69 Å². The monoisotopic (exact) mass is 443 g/mol. The van der Waals surface area contributed by atoms with Crippen molar-refractivity contribution in [1.29, 1.82) is 0 Å². The maximum atomic E-state index is 13.2. The molecule has 1 N–H and O–H groups in total. The lowest BCUT2D eigenvalue weighted by atomic mass is 9.73. The molecule has 7 nitrogen and oxygen atoms in total. The Morgan fingerprint density at radius 3 is 2.34 bits per heavy atom. The van der Waals surface area contributed by atoms with Crippen molar-refractivity contribution in [2.75, 3.05) is 58.2 Å². The molecule has 0 unspecified atom stereocenters. The van der Waals surface area contributed by atoms with E-state index in [1.54, 1.807) is 11.2 Å². The van der Waals surface area contributed by atoms with Crippen molar-refractivity contribution in [3.63, 3.8) is 0 Å². The lowest BCUT2D eigenvalue weighted by Crippen LogP contribution is -2.52. The van der Waals surface area contributed by atoms with Gasteiger partial charge in [-0.1, -0.05) is 23.7 Å². The van der Waals surface area contributed by atoms with Gasteiger partial charge < -0.3 is 10.1 Å². The lowest BCUT2D eigenvalue weighted by molar-refractivity contribution is -0.130. The van der Waals surface area contributed by atoms with Crippen molar-refractivity contribution in [2.45, 2.75) is 25.2 Å². The van der Waals surface area contributed by atoms with E-state index in [-0.39, 0.29) is 11.7 Å². The molecule has 0 aromatic heterocycles. The number of rotatable bonds is 7. The smallest absolute Gasteiger partial charge is 0.230 e. The van der Waals surface area contributed by atoms with Gasteiger partial charge in [-0.25, -0.2) is 8.42 Å². The fourth-order valence-electron chi connectivity index (χ4n) is 4.05. The van der Waals surface area contributed by atoms with E-state index < -0.39 is 15.4 Å². The fourth-order valence-corrected chi connectivity index (χ4v) is 5.26. The first-order chi connectivity index (χ1) is 13.9. The topological polar surface area (TPSA) is 79.0 Å². The normalized spacial score (nSPS) is 21.0. The number of hydrogen-bond acceptors (Lipinski definition) is 5. The first kappa shape index (κ1) is 22.5. The molecule has 3 rings (SSSR count). The second-order valence-electron chi connectivity index (χ2n) is 7.60. The third-order valence-corrected chi connectivity index (χ3v) is 8.11. The van der Waals surface area contributed by atoms with Crippen LogP contribution >= 0.6 is 11.6 Å². The number of halogens is 1. The zero-order valence-corrected chi connectivity index (χ0v) is 18.5. The van der Waals surface area contributed by atoms with Gasteiger partial charge in [0.1, 0.15) is 0 Å². The average molecular weight is 444 g/mol. The summed E-state index contributed by atoms with van der Waals surface area (Å²) in [7, 11) is -3.12. The summed E-state index contributed by atoms with van der Waals surface area (Å²) in [6.07, 6.45) is 1.29. The van der Waals surface area contributed by atoms with Crippen LogP contribution in [0.4, 0.5) is 0 Å². The highest BCUT2D eigenvalue weighted by Crippen LogP contribution is 2.35. The highest BCUT2D eigenvalue weighted by atomic mass is 35.5. The van der Waals surface area contributed by atoms with E-state index in [0.29, 0.717) is 70.3 Å². The first-order valence-corrected chi connectivity index (χ1v) is 12.2. The second-order valence-corrected chi connectivity index (χ2v) is 10.3. The SMILES string of the molecule is CCS(=O)(=O)N1CCN(CCNC(=O)C2(c3ccc(Cl)cc3)CCOCC2)CC1. The summed E-state index contributed by atoms with van der Waals surface area (Å²) in [5.41, 5.74) is 0.387.